The van der Waals surface area contributed by atoms with Crippen molar-refractivity contribution in [3.63, 3.8) is 0 Å². The van der Waals surface area contributed by atoms with Crippen molar-refractivity contribution in [1.29, 1.82) is 0 Å². The highest BCUT2D eigenvalue weighted by Crippen LogP contribution is 2.48. The van der Waals surface area contributed by atoms with E-state index in [1.54, 1.807) is 12.1 Å². The Bertz CT molecular complexity index is 667. The maximum atomic E-state index is 9.97. The first-order valence-electron chi connectivity index (χ1n) is 5.20. The minimum atomic E-state index is -3.90. The number of nitrogens with two attached hydrogens (primary N) is 1. The zero-order valence-corrected chi connectivity index (χ0v) is 10.8. The van der Waals surface area contributed by atoms with Crippen molar-refractivity contribution >= 4 is 33.0 Å². The second kappa shape index (κ2) is 4.67. The van der Waals surface area contributed by atoms with Crippen LogP contribution in [0.2, 0.25) is 0 Å². The highest BCUT2D eigenvalue weighted by molar-refractivity contribution is 8.19. The lowest BCUT2D eigenvalue weighted by Crippen LogP contribution is -1.96. The largest absolute Gasteiger partial charge is 0.507 e. The molecule has 0 aromatic heterocycles. The molecule has 2 rings (SSSR count). The average molecular weight is 283 g/mol. The molecule has 0 unspecified atom stereocenters. The average Bonchev–Trinajstić information content (AvgIpc) is 2.31. The predicted molar refractivity (Wildman–Crippen MR) is 74.2 cm³/mol. The zero-order chi connectivity index (χ0) is 14.2. The van der Waals surface area contributed by atoms with Gasteiger partial charge in [-0.2, -0.15) is 10.2 Å². The molecule has 0 amide bonds. The van der Waals surface area contributed by atoms with Crippen LogP contribution >= 0.6 is 10.9 Å². The molecule has 102 valence electrons. The third kappa shape index (κ3) is 2.47. The summed E-state index contributed by atoms with van der Waals surface area (Å²) >= 11 is 0. The molecule has 0 saturated carbocycles. The number of azo groups is 1. The van der Waals surface area contributed by atoms with E-state index in [-0.39, 0.29) is 10.6 Å². The van der Waals surface area contributed by atoms with Crippen molar-refractivity contribution in [2.75, 3.05) is 12.8 Å². The standard InChI is InChI=1S/C11H13N3O4S/c1-13-14-11-8(12)3-2-6-4-7(19(16,17)18)5-9(15)10(6)11/h2-5,15-18H,12H2,1H3. The molecule has 0 fully saturated rings. The Morgan fingerprint density at radius 1 is 1.16 bits per heavy atom. The first kappa shape index (κ1) is 13.6. The third-order valence-electron chi connectivity index (χ3n) is 2.59. The Kier molecular flexibility index (Phi) is 3.33. The summed E-state index contributed by atoms with van der Waals surface area (Å²) in [4.78, 5) is -0.179. The van der Waals surface area contributed by atoms with Gasteiger partial charge in [-0.05, 0) is 23.6 Å². The fourth-order valence-corrected chi connectivity index (χ4v) is 2.33. The fourth-order valence-electron chi connectivity index (χ4n) is 1.78. The smallest absolute Gasteiger partial charge is 0.127 e. The van der Waals surface area contributed by atoms with E-state index in [2.05, 4.69) is 10.2 Å². The molecule has 0 heterocycles. The monoisotopic (exact) mass is 283 g/mol. The Morgan fingerprint density at radius 3 is 2.42 bits per heavy atom. The Balaban J connectivity index is 2.83. The maximum Gasteiger partial charge on any atom is 0.127 e. The lowest BCUT2D eigenvalue weighted by Gasteiger charge is -2.20. The fraction of sp³-hybridized carbons (Fsp3) is 0.0909. The maximum absolute atomic E-state index is 9.97. The lowest BCUT2D eigenvalue weighted by molar-refractivity contribution is 0.375. The normalized spacial score (nSPS) is 13.3. The van der Waals surface area contributed by atoms with E-state index in [1.807, 2.05) is 0 Å². The summed E-state index contributed by atoms with van der Waals surface area (Å²) in [6.07, 6.45) is 0. The molecular weight excluding hydrogens is 270 g/mol. The molecule has 2 aromatic carbocycles. The summed E-state index contributed by atoms with van der Waals surface area (Å²) < 4.78 is 27.7. The molecule has 8 heteroatoms. The summed E-state index contributed by atoms with van der Waals surface area (Å²) in [5.74, 6) is -0.267. The third-order valence-corrected chi connectivity index (χ3v) is 3.46. The summed E-state index contributed by atoms with van der Waals surface area (Å²) in [6, 6.07) is 5.54. The quantitative estimate of drug-likeness (QED) is 0.425. The first-order valence-corrected chi connectivity index (χ1v) is 6.70. The van der Waals surface area contributed by atoms with Gasteiger partial charge in [0.15, 0.2) is 0 Å². The van der Waals surface area contributed by atoms with E-state index < -0.39 is 10.9 Å². The van der Waals surface area contributed by atoms with Gasteiger partial charge in [-0.3, -0.25) is 0 Å². The second-order valence-electron chi connectivity index (χ2n) is 3.86. The number of anilines is 1. The van der Waals surface area contributed by atoms with Crippen LogP contribution in [0.15, 0.2) is 39.4 Å². The number of nitrogen functional groups attached to an aromatic ring is 1. The predicted octanol–water partition coefficient (Wildman–Crippen LogP) is 3.42. The molecule has 2 aromatic rings. The van der Waals surface area contributed by atoms with Crippen LogP contribution in [0, 0.1) is 0 Å². The minimum Gasteiger partial charge on any atom is -0.507 e. The SMILES string of the molecule is CN=Nc1c(N)ccc2cc(S(O)(O)O)cc(O)c12. The van der Waals surface area contributed by atoms with Crippen molar-refractivity contribution in [3.05, 3.63) is 24.3 Å². The van der Waals surface area contributed by atoms with Crippen molar-refractivity contribution in [1.82, 2.24) is 0 Å². The van der Waals surface area contributed by atoms with Gasteiger partial charge in [0.2, 0.25) is 0 Å². The van der Waals surface area contributed by atoms with Gasteiger partial charge in [-0.15, -0.1) is 0 Å². The van der Waals surface area contributed by atoms with E-state index in [1.165, 1.54) is 13.1 Å². The van der Waals surface area contributed by atoms with Crippen LogP contribution in [0.25, 0.3) is 10.8 Å². The van der Waals surface area contributed by atoms with Crippen molar-refractivity contribution in [2.24, 2.45) is 10.2 Å². The van der Waals surface area contributed by atoms with Gasteiger partial charge in [-0.1, -0.05) is 6.07 Å². The molecular formula is C11H13N3O4S. The number of nitrogens with zero attached hydrogens (tertiary/aromatic N) is 2. The van der Waals surface area contributed by atoms with Crippen molar-refractivity contribution < 1.29 is 18.8 Å². The van der Waals surface area contributed by atoms with Crippen LogP contribution in [-0.2, 0) is 0 Å². The van der Waals surface area contributed by atoms with Crippen LogP contribution < -0.4 is 5.73 Å². The summed E-state index contributed by atoms with van der Waals surface area (Å²) in [5, 5.41) is 18.2. The molecule has 19 heavy (non-hydrogen) atoms. The Hall–Kier alpha value is -1.87. The number of phenolic OH excluding ortho intramolecular Hbond substituents is 1. The van der Waals surface area contributed by atoms with Crippen LogP contribution in [0.5, 0.6) is 5.75 Å². The molecule has 0 aliphatic heterocycles. The number of phenols is 1. The summed E-state index contributed by atoms with van der Waals surface area (Å²) in [6.45, 7) is 0. The summed E-state index contributed by atoms with van der Waals surface area (Å²) in [7, 11) is -2.43. The molecule has 0 atom stereocenters. The van der Waals surface area contributed by atoms with Gasteiger partial charge in [0.25, 0.3) is 0 Å². The molecule has 6 N–H and O–H groups in total. The van der Waals surface area contributed by atoms with Gasteiger partial charge in [0.1, 0.15) is 22.3 Å². The Morgan fingerprint density at radius 2 is 1.84 bits per heavy atom. The van der Waals surface area contributed by atoms with Crippen molar-refractivity contribution in [3.8, 4) is 5.75 Å². The molecule has 0 saturated heterocycles. The molecule has 0 aliphatic rings. The van der Waals surface area contributed by atoms with E-state index in [9.17, 15) is 18.8 Å². The number of benzene rings is 2. The molecule has 0 spiro atoms. The number of aromatic hydroxyl groups is 1. The zero-order valence-electron chi connectivity index (χ0n) is 9.98. The molecule has 7 nitrogen and oxygen atoms in total. The molecule has 0 radical (unpaired) electrons. The number of hydrogen-bond donors (Lipinski definition) is 5. The van der Waals surface area contributed by atoms with Crippen LogP contribution in [0.1, 0.15) is 0 Å². The van der Waals surface area contributed by atoms with Gasteiger partial charge in [-0.25, -0.2) is 0 Å². The van der Waals surface area contributed by atoms with E-state index >= 15 is 0 Å². The van der Waals surface area contributed by atoms with E-state index in [0.717, 1.165) is 6.07 Å². The van der Waals surface area contributed by atoms with E-state index in [0.29, 0.717) is 22.1 Å². The van der Waals surface area contributed by atoms with Crippen LogP contribution in [-0.4, -0.2) is 25.8 Å². The summed E-state index contributed by atoms with van der Waals surface area (Å²) in [5.41, 5.74) is 6.38. The van der Waals surface area contributed by atoms with E-state index in [4.69, 9.17) is 5.73 Å². The lowest BCUT2D eigenvalue weighted by atomic mass is 10.1. The topological polar surface area (TPSA) is 132 Å². The number of fused-ring (bicyclic) bond motifs is 1. The van der Waals surface area contributed by atoms with Crippen LogP contribution in [0.4, 0.5) is 11.4 Å². The molecule has 0 bridgehead atoms. The van der Waals surface area contributed by atoms with Gasteiger partial charge in [0.05, 0.1) is 16.0 Å². The number of hydrogen-bond acceptors (Lipinski definition) is 7. The first-order chi connectivity index (χ1) is 8.84. The second-order valence-corrected chi connectivity index (χ2v) is 5.37. The van der Waals surface area contributed by atoms with Gasteiger partial charge >= 0.3 is 0 Å². The minimum absolute atomic E-state index is 0.179. The Labute approximate surface area is 110 Å². The van der Waals surface area contributed by atoms with Gasteiger partial charge in [0, 0.05) is 7.05 Å². The van der Waals surface area contributed by atoms with Crippen molar-refractivity contribution in [2.45, 2.75) is 4.90 Å². The molecule has 0 aliphatic carbocycles. The highest BCUT2D eigenvalue weighted by Gasteiger charge is 2.19. The van der Waals surface area contributed by atoms with Crippen LogP contribution in [0.3, 0.4) is 0 Å². The van der Waals surface area contributed by atoms with Gasteiger partial charge < -0.3 is 24.5 Å². The highest BCUT2D eigenvalue weighted by atomic mass is 32.3. The number of rotatable bonds is 2.